The predicted octanol–water partition coefficient (Wildman–Crippen LogP) is 35.3. The summed E-state index contributed by atoms with van der Waals surface area (Å²) < 4.78 is 7.83. The summed E-state index contributed by atoms with van der Waals surface area (Å²) in [5.41, 5.74) is 19.2. The number of nitrogens with zero attached hydrogens (tertiary/aromatic N) is 4. The molecular formula is C122H72N4S3. The third-order valence-corrected chi connectivity index (χ3v) is 30.3. The molecule has 6 heterocycles. The molecule has 0 N–H and O–H groups in total. The second-order valence-corrected chi connectivity index (χ2v) is 36.6. The van der Waals surface area contributed by atoms with Crippen LogP contribution >= 0.6 is 34.0 Å². The van der Waals surface area contributed by atoms with Crippen molar-refractivity contribution in [2.24, 2.45) is 0 Å². The predicted molar refractivity (Wildman–Crippen MR) is 557 cm³/mol. The number of fused-ring (bicyclic) bond motifs is 30. The van der Waals surface area contributed by atoms with Gasteiger partial charge in [0.1, 0.15) is 0 Å². The number of hydrogen-bond acceptors (Lipinski definition) is 7. The van der Waals surface area contributed by atoms with Crippen molar-refractivity contribution in [3.05, 3.63) is 437 Å². The number of benzene rings is 22. The fourth-order valence-electron chi connectivity index (χ4n) is 20.6. The van der Waals surface area contributed by atoms with E-state index in [0.29, 0.717) is 0 Å². The zero-order chi connectivity index (χ0) is 84.7. The van der Waals surface area contributed by atoms with Crippen LogP contribution in [0.1, 0.15) is 0 Å². The van der Waals surface area contributed by atoms with Gasteiger partial charge in [-0.3, -0.25) is 9.97 Å². The van der Waals surface area contributed by atoms with Gasteiger partial charge in [0, 0.05) is 128 Å². The van der Waals surface area contributed by atoms with E-state index in [1.807, 2.05) is 64.7 Å². The topological polar surface area (TPSA) is 51.6 Å². The van der Waals surface area contributed by atoms with Crippen molar-refractivity contribution in [1.29, 1.82) is 0 Å². The van der Waals surface area contributed by atoms with Gasteiger partial charge >= 0.3 is 0 Å². The van der Waals surface area contributed by atoms with Gasteiger partial charge in [-0.25, -0.2) is 9.97 Å². The first-order chi connectivity index (χ1) is 64.0. The molecule has 0 saturated heterocycles. The molecule has 6 aromatic heterocycles. The van der Waals surface area contributed by atoms with Gasteiger partial charge in [-0.05, 0) is 173 Å². The van der Waals surface area contributed by atoms with E-state index in [-0.39, 0.29) is 0 Å². The number of hydrogen-bond donors (Lipinski definition) is 0. The van der Waals surface area contributed by atoms with E-state index in [4.69, 9.17) is 19.9 Å². The summed E-state index contributed by atoms with van der Waals surface area (Å²) in [7, 11) is 0. The molecule has 0 aliphatic rings. The Bertz CT molecular complexity index is 9490. The molecule has 598 valence electrons. The fourth-order valence-corrected chi connectivity index (χ4v) is 24.6. The maximum atomic E-state index is 5.08. The minimum Gasteiger partial charge on any atom is -0.256 e. The first-order valence-electron chi connectivity index (χ1n) is 43.8. The lowest BCUT2D eigenvalue weighted by atomic mass is 9.91. The van der Waals surface area contributed by atoms with Gasteiger partial charge in [0.05, 0.1) is 16.6 Å². The van der Waals surface area contributed by atoms with Gasteiger partial charge in [-0.1, -0.05) is 382 Å². The van der Waals surface area contributed by atoms with Crippen LogP contribution in [-0.2, 0) is 0 Å². The average molecular weight is 1690 g/mol. The van der Waals surface area contributed by atoms with Crippen LogP contribution in [0.5, 0.6) is 0 Å². The minimum absolute atomic E-state index is 0.772. The third-order valence-electron chi connectivity index (χ3n) is 26.5. The lowest BCUT2D eigenvalue weighted by Crippen LogP contribution is -1.91. The van der Waals surface area contributed by atoms with Gasteiger partial charge in [0.2, 0.25) is 0 Å². The highest BCUT2D eigenvalue weighted by Crippen LogP contribution is 2.51. The Labute approximate surface area is 753 Å². The van der Waals surface area contributed by atoms with Crippen molar-refractivity contribution < 1.29 is 0 Å². The summed E-state index contributed by atoms with van der Waals surface area (Å²) in [6.45, 7) is 0. The summed E-state index contributed by atoms with van der Waals surface area (Å²) in [5.74, 6) is 0.772. The maximum absolute atomic E-state index is 5.08. The van der Waals surface area contributed by atoms with Crippen LogP contribution < -0.4 is 0 Å². The normalized spacial score (nSPS) is 11.9. The fraction of sp³-hybridized carbons (Fsp3) is 0. The molecule has 0 aliphatic heterocycles. The van der Waals surface area contributed by atoms with E-state index in [9.17, 15) is 0 Å². The summed E-state index contributed by atoms with van der Waals surface area (Å²) >= 11 is 5.66. The Balaban J connectivity index is 0.000000104. The number of thiophene rings is 3. The molecule has 0 amide bonds. The molecular weight excluding hydrogens is 1620 g/mol. The van der Waals surface area contributed by atoms with Crippen molar-refractivity contribution in [2.75, 3.05) is 0 Å². The number of rotatable bonds is 7. The summed E-state index contributed by atoms with van der Waals surface area (Å²) in [4.78, 5) is 19.6. The Morgan fingerprint density at radius 3 is 1.05 bits per heavy atom. The Morgan fingerprint density at radius 1 is 0.163 bits per heavy atom. The Morgan fingerprint density at radius 2 is 0.504 bits per heavy atom. The molecule has 0 bridgehead atoms. The van der Waals surface area contributed by atoms with Crippen LogP contribution in [0.3, 0.4) is 0 Å². The standard InChI is InChI=1S/C49H29NS.C43H25NS.C30H18N2S/c1-2-16-38-36(14-1)37-15-3-4-17-39(37)45-29-33(25-26-40(38)45)32-11-5-12-34(28-32)35-18-7-21-43-44-22-8-20-42(49(44)51-48(35)43)41-19-6-10-30-23-24-31-13-9-27-50-47(31)46(30)41;1-2-13-32-30(11-1)31-12-3-4-14-33(31)39-25-28(22-23-34(32)39)29-15-6-18-37-38-19-7-17-36(43(38)45-42(29)37)35-16-5-9-26-20-21-27-10-8-24-44-41(27)40(26)35;1-2-8-19(9-3-1)23-12-6-13-24-27-25(14-7-15-26(27)33-29(23)24)30-31-18-21-17-16-20-10-4-5-11-22(20)28(21)32-30/h1-29H;1-25H;1-18H. The SMILES string of the molecule is c1cc(-c2ccc3c4ccccc4c4ccccc4c3c2)cc(-c2cccc3c2sc2c(-c4cccc5ccc6cccnc6c45)cccc23)c1.c1ccc(-c2cccc3c2sc2cccc(-c4ncc5ccc6ccccc6c5n4)c23)cc1.c1cnc2c(c1)ccc1cccc(-c3cccc4c3sc3c(-c5ccc6c7ccccc7c7ccccc7c6c5)cccc34)c12. The monoisotopic (exact) mass is 1690 g/mol. The van der Waals surface area contributed by atoms with Crippen LogP contribution in [0.25, 0.3) is 268 Å². The van der Waals surface area contributed by atoms with Crippen molar-refractivity contribution in [3.8, 4) is 78.1 Å². The lowest BCUT2D eigenvalue weighted by Gasteiger charge is -2.12. The van der Waals surface area contributed by atoms with Gasteiger partial charge in [-0.15, -0.1) is 34.0 Å². The largest absolute Gasteiger partial charge is 0.256 e. The summed E-state index contributed by atoms with van der Waals surface area (Å²) in [5, 5.41) is 33.9. The molecule has 0 unspecified atom stereocenters. The molecule has 0 atom stereocenters. The highest BCUT2D eigenvalue weighted by atomic mass is 32.1. The summed E-state index contributed by atoms with van der Waals surface area (Å²) in [6.07, 6.45) is 5.76. The maximum Gasteiger partial charge on any atom is 0.160 e. The van der Waals surface area contributed by atoms with E-state index >= 15 is 0 Å². The van der Waals surface area contributed by atoms with Crippen LogP contribution in [0.2, 0.25) is 0 Å². The molecule has 22 aromatic carbocycles. The third kappa shape index (κ3) is 12.2. The first-order valence-corrected chi connectivity index (χ1v) is 46.3. The number of aromatic nitrogens is 4. The molecule has 0 radical (unpaired) electrons. The van der Waals surface area contributed by atoms with Crippen LogP contribution in [0.15, 0.2) is 437 Å². The van der Waals surface area contributed by atoms with Crippen molar-refractivity contribution in [1.82, 2.24) is 19.9 Å². The molecule has 28 rings (SSSR count). The van der Waals surface area contributed by atoms with Gasteiger partial charge in [0.15, 0.2) is 5.82 Å². The second kappa shape index (κ2) is 30.4. The van der Waals surface area contributed by atoms with E-state index < -0.39 is 0 Å². The zero-order valence-electron chi connectivity index (χ0n) is 69.6. The number of pyridine rings is 2. The quantitative estimate of drug-likeness (QED) is 0.149. The second-order valence-electron chi connectivity index (χ2n) is 33.6. The van der Waals surface area contributed by atoms with E-state index in [1.54, 1.807) is 0 Å². The molecule has 28 aromatic rings. The van der Waals surface area contributed by atoms with Gasteiger partial charge < -0.3 is 0 Å². The van der Waals surface area contributed by atoms with Crippen molar-refractivity contribution >= 4 is 224 Å². The van der Waals surface area contributed by atoms with Crippen LogP contribution in [0.4, 0.5) is 0 Å². The molecule has 7 heteroatoms. The Hall–Kier alpha value is -16.0. The molecule has 0 spiro atoms. The molecule has 0 saturated carbocycles. The first kappa shape index (κ1) is 74.4. The molecule has 129 heavy (non-hydrogen) atoms. The highest BCUT2D eigenvalue weighted by molar-refractivity contribution is 7.27. The summed E-state index contributed by atoms with van der Waals surface area (Å²) in [6, 6.07) is 152. The molecule has 0 fully saturated rings. The van der Waals surface area contributed by atoms with Crippen LogP contribution in [-0.4, -0.2) is 19.9 Å². The average Bonchev–Trinajstić information content (AvgIpc) is 1.71. The van der Waals surface area contributed by atoms with Crippen molar-refractivity contribution in [2.45, 2.75) is 0 Å². The van der Waals surface area contributed by atoms with E-state index in [2.05, 4.69) is 406 Å². The molecule has 0 aliphatic carbocycles. The Kier molecular flexibility index (Phi) is 17.5. The molecule has 4 nitrogen and oxygen atoms in total. The van der Waals surface area contributed by atoms with Gasteiger partial charge in [0.25, 0.3) is 0 Å². The van der Waals surface area contributed by atoms with Gasteiger partial charge in [-0.2, -0.15) is 0 Å². The van der Waals surface area contributed by atoms with E-state index in [1.165, 1.54) is 224 Å². The lowest BCUT2D eigenvalue weighted by molar-refractivity contribution is 1.24. The minimum atomic E-state index is 0.772. The van der Waals surface area contributed by atoms with Crippen molar-refractivity contribution in [3.63, 3.8) is 0 Å². The van der Waals surface area contributed by atoms with Crippen LogP contribution in [0, 0.1) is 0 Å². The smallest absolute Gasteiger partial charge is 0.160 e. The van der Waals surface area contributed by atoms with E-state index in [0.717, 1.165) is 44.1 Å². The highest BCUT2D eigenvalue weighted by Gasteiger charge is 2.23. The zero-order valence-corrected chi connectivity index (χ0v) is 72.0.